The summed E-state index contributed by atoms with van der Waals surface area (Å²) in [5.74, 6) is 0. The predicted molar refractivity (Wildman–Crippen MR) is 65.7 cm³/mol. The molecule has 1 rings (SSSR count). The molecular formula is C10H16BrN3O. The van der Waals surface area contributed by atoms with Gasteiger partial charge in [-0.05, 0) is 36.2 Å². The molecule has 1 aromatic rings. The Kier molecular flexibility index (Phi) is 4.35. The van der Waals surface area contributed by atoms with Crippen LogP contribution in [0.1, 0.15) is 20.3 Å². The summed E-state index contributed by atoms with van der Waals surface area (Å²) in [5, 5.41) is 12.5. The van der Waals surface area contributed by atoms with Crippen molar-refractivity contribution in [3.63, 3.8) is 0 Å². The van der Waals surface area contributed by atoms with Crippen LogP contribution < -0.4 is 11.1 Å². The van der Waals surface area contributed by atoms with E-state index in [1.165, 1.54) is 0 Å². The van der Waals surface area contributed by atoms with Crippen LogP contribution in [0.2, 0.25) is 0 Å². The Morgan fingerprint density at radius 3 is 2.73 bits per heavy atom. The molecule has 0 fully saturated rings. The molecular weight excluding hydrogens is 258 g/mol. The third-order valence-electron chi connectivity index (χ3n) is 2.01. The molecule has 1 heterocycles. The lowest BCUT2D eigenvalue weighted by molar-refractivity contribution is 0.179. The lowest BCUT2D eigenvalue weighted by Crippen LogP contribution is -2.21. The molecule has 2 atom stereocenters. The minimum absolute atomic E-state index is 0.158. The maximum absolute atomic E-state index is 9.24. The first-order valence-electron chi connectivity index (χ1n) is 4.84. The van der Waals surface area contributed by atoms with Crippen LogP contribution in [-0.2, 0) is 0 Å². The number of aliphatic hydroxyl groups excluding tert-OH is 1. The summed E-state index contributed by atoms with van der Waals surface area (Å²) >= 11 is 3.37. The summed E-state index contributed by atoms with van der Waals surface area (Å²) in [6.45, 7) is 3.77. The van der Waals surface area contributed by atoms with Gasteiger partial charge in [-0.2, -0.15) is 0 Å². The Labute approximate surface area is 98.0 Å². The minimum atomic E-state index is -0.325. The molecule has 0 aliphatic rings. The van der Waals surface area contributed by atoms with Crippen molar-refractivity contribution in [2.45, 2.75) is 32.4 Å². The minimum Gasteiger partial charge on any atom is -0.396 e. The highest BCUT2D eigenvalue weighted by atomic mass is 79.9. The van der Waals surface area contributed by atoms with Crippen LogP contribution in [0.4, 0.5) is 11.4 Å². The molecule has 4 nitrogen and oxygen atoms in total. The molecule has 5 heteroatoms. The monoisotopic (exact) mass is 273 g/mol. The van der Waals surface area contributed by atoms with Gasteiger partial charge in [0.1, 0.15) is 0 Å². The van der Waals surface area contributed by atoms with E-state index in [0.29, 0.717) is 12.1 Å². The van der Waals surface area contributed by atoms with Crippen molar-refractivity contribution in [1.29, 1.82) is 0 Å². The fourth-order valence-electron chi connectivity index (χ4n) is 1.42. The zero-order chi connectivity index (χ0) is 11.4. The molecule has 0 aromatic carbocycles. The highest BCUT2D eigenvalue weighted by Crippen LogP contribution is 2.28. The van der Waals surface area contributed by atoms with Gasteiger partial charge in [0.2, 0.25) is 0 Å². The number of halogens is 1. The number of nitrogens with two attached hydrogens (primary N) is 1. The number of hydrogen-bond donors (Lipinski definition) is 3. The average Bonchev–Trinajstić information content (AvgIpc) is 2.10. The van der Waals surface area contributed by atoms with Crippen LogP contribution in [0, 0.1) is 0 Å². The van der Waals surface area contributed by atoms with E-state index in [1.807, 2.05) is 6.92 Å². The Morgan fingerprint density at radius 1 is 1.53 bits per heavy atom. The van der Waals surface area contributed by atoms with Crippen molar-refractivity contribution in [2.75, 3.05) is 11.1 Å². The zero-order valence-electron chi connectivity index (χ0n) is 8.87. The number of anilines is 2. The molecule has 0 bridgehead atoms. The maximum Gasteiger partial charge on any atom is 0.0752 e. The van der Waals surface area contributed by atoms with Gasteiger partial charge in [0.05, 0.1) is 28.1 Å². The smallest absolute Gasteiger partial charge is 0.0752 e. The normalized spacial score (nSPS) is 14.7. The molecule has 0 aliphatic heterocycles. The lowest BCUT2D eigenvalue weighted by atomic mass is 10.1. The largest absolute Gasteiger partial charge is 0.396 e. The fourth-order valence-corrected chi connectivity index (χ4v) is 1.88. The molecule has 0 amide bonds. The lowest BCUT2D eigenvalue weighted by Gasteiger charge is -2.18. The van der Waals surface area contributed by atoms with Crippen LogP contribution in [0.25, 0.3) is 0 Å². The molecule has 0 spiro atoms. The van der Waals surface area contributed by atoms with Crippen LogP contribution >= 0.6 is 15.9 Å². The Balaban J connectivity index is 2.71. The SMILES string of the molecule is CC(O)CC(C)Nc1c(N)cncc1Br. The van der Waals surface area contributed by atoms with E-state index in [4.69, 9.17) is 5.73 Å². The van der Waals surface area contributed by atoms with E-state index in [0.717, 1.165) is 10.2 Å². The van der Waals surface area contributed by atoms with Crippen molar-refractivity contribution >= 4 is 27.3 Å². The van der Waals surface area contributed by atoms with Crippen LogP contribution in [0.5, 0.6) is 0 Å². The third-order valence-corrected chi connectivity index (χ3v) is 2.62. The first-order valence-corrected chi connectivity index (χ1v) is 5.63. The molecule has 15 heavy (non-hydrogen) atoms. The van der Waals surface area contributed by atoms with Crippen molar-refractivity contribution in [1.82, 2.24) is 4.98 Å². The van der Waals surface area contributed by atoms with Gasteiger partial charge < -0.3 is 16.2 Å². The topological polar surface area (TPSA) is 71.2 Å². The highest BCUT2D eigenvalue weighted by Gasteiger charge is 2.10. The molecule has 0 saturated carbocycles. The predicted octanol–water partition coefficient (Wildman–Crippen LogP) is 2.00. The van der Waals surface area contributed by atoms with Gasteiger partial charge in [0.15, 0.2) is 0 Å². The zero-order valence-corrected chi connectivity index (χ0v) is 10.5. The average molecular weight is 274 g/mol. The van der Waals surface area contributed by atoms with Gasteiger partial charge in [-0.15, -0.1) is 0 Å². The number of aromatic nitrogens is 1. The summed E-state index contributed by atoms with van der Waals surface area (Å²) in [4.78, 5) is 3.95. The fraction of sp³-hybridized carbons (Fsp3) is 0.500. The van der Waals surface area contributed by atoms with E-state index in [1.54, 1.807) is 19.3 Å². The van der Waals surface area contributed by atoms with Gasteiger partial charge in [-0.1, -0.05) is 0 Å². The second-order valence-electron chi connectivity index (χ2n) is 3.72. The number of aliphatic hydroxyl groups is 1. The van der Waals surface area contributed by atoms with Crippen molar-refractivity contribution in [2.24, 2.45) is 0 Å². The molecule has 1 aromatic heterocycles. The number of nitrogens with one attached hydrogen (secondary N) is 1. The molecule has 84 valence electrons. The number of rotatable bonds is 4. The summed E-state index contributed by atoms with van der Waals surface area (Å²) < 4.78 is 0.833. The van der Waals surface area contributed by atoms with Gasteiger partial charge in [0, 0.05) is 12.2 Å². The van der Waals surface area contributed by atoms with Gasteiger partial charge >= 0.3 is 0 Å². The molecule has 2 unspecified atom stereocenters. The number of nitrogens with zero attached hydrogens (tertiary/aromatic N) is 1. The Hall–Kier alpha value is -0.810. The van der Waals surface area contributed by atoms with E-state index in [9.17, 15) is 5.11 Å². The van der Waals surface area contributed by atoms with E-state index >= 15 is 0 Å². The summed E-state index contributed by atoms with van der Waals surface area (Å²) in [6, 6.07) is 0.158. The number of pyridine rings is 1. The molecule has 0 saturated heterocycles. The quantitative estimate of drug-likeness (QED) is 0.785. The summed E-state index contributed by atoms with van der Waals surface area (Å²) in [6.07, 6.45) is 3.64. The third kappa shape index (κ3) is 3.68. The van der Waals surface area contributed by atoms with Crippen LogP contribution in [-0.4, -0.2) is 22.2 Å². The Morgan fingerprint density at radius 2 is 2.20 bits per heavy atom. The second-order valence-corrected chi connectivity index (χ2v) is 4.57. The highest BCUT2D eigenvalue weighted by molar-refractivity contribution is 9.10. The first-order chi connectivity index (χ1) is 7.00. The van der Waals surface area contributed by atoms with E-state index in [-0.39, 0.29) is 12.1 Å². The second kappa shape index (κ2) is 5.32. The molecule has 0 radical (unpaired) electrons. The van der Waals surface area contributed by atoms with E-state index in [2.05, 4.69) is 26.2 Å². The maximum atomic E-state index is 9.24. The first kappa shape index (κ1) is 12.3. The van der Waals surface area contributed by atoms with Gasteiger partial charge in [-0.3, -0.25) is 4.98 Å². The van der Waals surface area contributed by atoms with Gasteiger partial charge in [-0.25, -0.2) is 0 Å². The van der Waals surface area contributed by atoms with Crippen LogP contribution in [0.3, 0.4) is 0 Å². The standard InChI is InChI=1S/C10H16BrN3O/c1-6(3-7(2)15)14-10-8(11)4-13-5-9(10)12/h4-7,15H,3,12H2,1-2H3,(H,13,14). The summed E-state index contributed by atoms with van der Waals surface area (Å²) in [7, 11) is 0. The molecule has 0 aliphatic carbocycles. The number of nitrogen functional groups attached to an aromatic ring is 1. The summed E-state index contributed by atoms with van der Waals surface area (Å²) in [5.41, 5.74) is 7.21. The Bertz CT molecular complexity index is 310. The van der Waals surface area contributed by atoms with Gasteiger partial charge in [0.25, 0.3) is 0 Å². The van der Waals surface area contributed by atoms with Crippen molar-refractivity contribution in [3.05, 3.63) is 16.9 Å². The molecule has 4 N–H and O–H groups in total. The number of hydrogen-bond acceptors (Lipinski definition) is 4. The van der Waals surface area contributed by atoms with Crippen molar-refractivity contribution < 1.29 is 5.11 Å². The van der Waals surface area contributed by atoms with E-state index < -0.39 is 0 Å². The van der Waals surface area contributed by atoms with Crippen LogP contribution in [0.15, 0.2) is 16.9 Å². The van der Waals surface area contributed by atoms with Crippen molar-refractivity contribution in [3.8, 4) is 0 Å².